The molecule has 0 aliphatic carbocycles. The van der Waals surface area contributed by atoms with Crippen LogP contribution in [0.2, 0.25) is 0 Å². The van der Waals surface area contributed by atoms with Crippen LogP contribution in [0.5, 0.6) is 28.7 Å². The lowest BCUT2D eigenvalue weighted by Gasteiger charge is -2.13. The van der Waals surface area contributed by atoms with Gasteiger partial charge in [0.25, 0.3) is 0 Å². The molecule has 1 heterocycles. The van der Waals surface area contributed by atoms with Gasteiger partial charge in [-0.3, -0.25) is 4.79 Å². The quantitative estimate of drug-likeness (QED) is 0.504. The third-order valence-electron chi connectivity index (χ3n) is 4.50. The van der Waals surface area contributed by atoms with Gasteiger partial charge in [0.05, 0.1) is 26.9 Å². The first-order valence-electron chi connectivity index (χ1n) is 9.04. The van der Waals surface area contributed by atoms with E-state index in [1.807, 2.05) is 13.8 Å². The van der Waals surface area contributed by atoms with E-state index in [9.17, 15) is 4.79 Å². The summed E-state index contributed by atoms with van der Waals surface area (Å²) in [5.41, 5.74) is 2.87. The van der Waals surface area contributed by atoms with Crippen LogP contribution in [0.3, 0.4) is 0 Å². The van der Waals surface area contributed by atoms with Crippen LogP contribution in [0, 0.1) is 6.92 Å². The lowest BCUT2D eigenvalue weighted by atomic mass is 10.1. The molecule has 2 aromatic carbocycles. The first kappa shape index (κ1) is 20.3. The highest BCUT2D eigenvalue weighted by atomic mass is 16.5. The highest BCUT2D eigenvalue weighted by Gasteiger charge is 2.30. The minimum atomic E-state index is -0.191. The van der Waals surface area contributed by atoms with Crippen molar-refractivity contribution in [3.8, 4) is 28.7 Å². The average Bonchev–Trinajstić information content (AvgIpc) is 3.02. The number of methoxy groups -OCH3 is 3. The Morgan fingerprint density at radius 1 is 1.07 bits per heavy atom. The molecule has 0 saturated carbocycles. The van der Waals surface area contributed by atoms with E-state index >= 15 is 0 Å². The zero-order valence-corrected chi connectivity index (χ0v) is 17.3. The summed E-state index contributed by atoms with van der Waals surface area (Å²) in [7, 11) is 4.61. The van der Waals surface area contributed by atoms with Crippen LogP contribution in [0.4, 0.5) is 0 Å². The van der Waals surface area contributed by atoms with Gasteiger partial charge in [0.1, 0.15) is 18.1 Å². The number of rotatable bonds is 7. The molecular formula is C23H24O6. The predicted molar refractivity (Wildman–Crippen MR) is 111 cm³/mol. The Bertz CT molecular complexity index is 978. The minimum absolute atomic E-state index is 0.191. The van der Waals surface area contributed by atoms with E-state index in [2.05, 4.69) is 6.58 Å². The normalized spacial score (nSPS) is 13.7. The molecule has 0 atom stereocenters. The van der Waals surface area contributed by atoms with Crippen molar-refractivity contribution >= 4 is 11.9 Å². The van der Waals surface area contributed by atoms with Crippen molar-refractivity contribution in [2.24, 2.45) is 0 Å². The SMILES string of the molecule is C=C(C)COc1ccc2c(c1C)OC(=Cc1cc(OC)c(OC)c(OC)c1)C2=O. The van der Waals surface area contributed by atoms with Gasteiger partial charge in [-0.15, -0.1) is 0 Å². The number of ether oxygens (including phenoxy) is 5. The average molecular weight is 396 g/mol. The van der Waals surface area contributed by atoms with Gasteiger partial charge in [-0.05, 0) is 55.3 Å². The van der Waals surface area contributed by atoms with Crippen LogP contribution in [0.1, 0.15) is 28.4 Å². The number of hydrogen-bond donors (Lipinski definition) is 0. The van der Waals surface area contributed by atoms with E-state index in [0.29, 0.717) is 46.5 Å². The molecule has 0 amide bonds. The fourth-order valence-corrected chi connectivity index (χ4v) is 3.06. The van der Waals surface area contributed by atoms with Crippen LogP contribution in [0.15, 0.2) is 42.2 Å². The van der Waals surface area contributed by atoms with Gasteiger partial charge in [0.2, 0.25) is 11.5 Å². The number of carbonyl (C=O) groups excluding carboxylic acids is 1. The summed E-state index contributed by atoms with van der Waals surface area (Å²) in [5.74, 6) is 2.66. The van der Waals surface area contributed by atoms with Crippen molar-refractivity contribution in [1.29, 1.82) is 0 Å². The lowest BCUT2D eigenvalue weighted by molar-refractivity contribution is 0.101. The van der Waals surface area contributed by atoms with Crippen LogP contribution in [-0.4, -0.2) is 33.7 Å². The Balaban J connectivity index is 1.97. The molecule has 6 heteroatoms. The molecule has 3 rings (SSSR count). The largest absolute Gasteiger partial charge is 0.493 e. The Kier molecular flexibility index (Phi) is 5.82. The molecule has 0 aromatic heterocycles. The van der Waals surface area contributed by atoms with Crippen molar-refractivity contribution in [2.75, 3.05) is 27.9 Å². The predicted octanol–water partition coefficient (Wildman–Crippen LogP) is 4.59. The van der Waals surface area contributed by atoms with Gasteiger partial charge < -0.3 is 23.7 Å². The summed E-state index contributed by atoms with van der Waals surface area (Å²) < 4.78 is 27.7. The maximum absolute atomic E-state index is 12.8. The van der Waals surface area contributed by atoms with E-state index in [1.165, 1.54) is 21.3 Å². The molecule has 6 nitrogen and oxygen atoms in total. The van der Waals surface area contributed by atoms with E-state index in [0.717, 1.165) is 11.1 Å². The first-order chi connectivity index (χ1) is 13.9. The van der Waals surface area contributed by atoms with Crippen LogP contribution in [0.25, 0.3) is 6.08 Å². The second kappa shape index (κ2) is 8.31. The maximum atomic E-state index is 12.8. The number of hydrogen-bond acceptors (Lipinski definition) is 6. The number of allylic oxidation sites excluding steroid dienone is 1. The number of carbonyl (C=O) groups is 1. The monoisotopic (exact) mass is 396 g/mol. The molecule has 0 fully saturated rings. The highest BCUT2D eigenvalue weighted by Crippen LogP contribution is 2.41. The summed E-state index contributed by atoms with van der Waals surface area (Å²) in [6.07, 6.45) is 1.65. The van der Waals surface area contributed by atoms with Crippen molar-refractivity contribution < 1.29 is 28.5 Å². The van der Waals surface area contributed by atoms with Crippen LogP contribution < -0.4 is 23.7 Å². The number of Topliss-reactive ketones (excluding diaryl/α,β-unsaturated/α-hetero) is 1. The molecule has 0 unspecified atom stereocenters. The molecule has 0 saturated heterocycles. The summed E-state index contributed by atoms with van der Waals surface area (Å²) in [5, 5.41) is 0. The number of ketones is 1. The highest BCUT2D eigenvalue weighted by molar-refractivity contribution is 6.15. The molecule has 0 radical (unpaired) electrons. The fourth-order valence-electron chi connectivity index (χ4n) is 3.06. The van der Waals surface area contributed by atoms with Crippen molar-refractivity contribution in [3.63, 3.8) is 0 Å². The van der Waals surface area contributed by atoms with Gasteiger partial charge in [-0.25, -0.2) is 0 Å². The summed E-state index contributed by atoms with van der Waals surface area (Å²) in [4.78, 5) is 12.8. The van der Waals surface area contributed by atoms with Crippen LogP contribution in [-0.2, 0) is 0 Å². The molecular weight excluding hydrogens is 372 g/mol. The van der Waals surface area contributed by atoms with Gasteiger partial charge in [0, 0.05) is 5.56 Å². The van der Waals surface area contributed by atoms with Crippen molar-refractivity contribution in [3.05, 3.63) is 58.9 Å². The third kappa shape index (κ3) is 3.92. The van der Waals surface area contributed by atoms with Crippen LogP contribution >= 0.6 is 0 Å². The Labute approximate surface area is 170 Å². The molecule has 0 bridgehead atoms. The molecule has 0 N–H and O–H groups in total. The molecule has 29 heavy (non-hydrogen) atoms. The Hall–Kier alpha value is -3.41. The van der Waals surface area contributed by atoms with E-state index < -0.39 is 0 Å². The van der Waals surface area contributed by atoms with Gasteiger partial charge in [0.15, 0.2) is 17.3 Å². The Morgan fingerprint density at radius 3 is 2.28 bits per heavy atom. The maximum Gasteiger partial charge on any atom is 0.231 e. The zero-order valence-electron chi connectivity index (χ0n) is 17.3. The van der Waals surface area contributed by atoms with Crippen molar-refractivity contribution in [1.82, 2.24) is 0 Å². The van der Waals surface area contributed by atoms with E-state index in [4.69, 9.17) is 23.7 Å². The first-order valence-corrected chi connectivity index (χ1v) is 9.04. The summed E-state index contributed by atoms with van der Waals surface area (Å²) >= 11 is 0. The topological polar surface area (TPSA) is 63.2 Å². The van der Waals surface area contributed by atoms with Gasteiger partial charge >= 0.3 is 0 Å². The molecule has 0 spiro atoms. The van der Waals surface area contributed by atoms with Gasteiger partial charge in [-0.2, -0.15) is 0 Å². The minimum Gasteiger partial charge on any atom is -0.493 e. The molecule has 152 valence electrons. The fraction of sp³-hybridized carbons (Fsp3) is 0.261. The lowest BCUT2D eigenvalue weighted by Crippen LogP contribution is -2.00. The second-order valence-corrected chi connectivity index (χ2v) is 6.71. The van der Waals surface area contributed by atoms with E-state index in [-0.39, 0.29) is 11.5 Å². The molecule has 2 aromatic rings. The Morgan fingerprint density at radius 2 is 1.72 bits per heavy atom. The number of benzene rings is 2. The third-order valence-corrected chi connectivity index (χ3v) is 4.50. The van der Waals surface area contributed by atoms with Gasteiger partial charge in [-0.1, -0.05) is 6.58 Å². The molecule has 1 aliphatic rings. The van der Waals surface area contributed by atoms with Crippen molar-refractivity contribution in [2.45, 2.75) is 13.8 Å². The standard InChI is InChI=1S/C23H24O6/c1-13(2)12-28-17-8-7-16-21(24)18(29-22(16)14(17)3)9-15-10-19(25-4)23(27-6)20(11-15)26-5/h7-11H,1,12H2,2-6H3. The number of fused-ring (bicyclic) bond motifs is 1. The summed E-state index contributed by atoms with van der Waals surface area (Å²) in [6.45, 7) is 7.99. The smallest absolute Gasteiger partial charge is 0.231 e. The van der Waals surface area contributed by atoms with E-state index in [1.54, 1.807) is 30.3 Å². The second-order valence-electron chi connectivity index (χ2n) is 6.71. The molecule has 1 aliphatic heterocycles. The summed E-state index contributed by atoms with van der Waals surface area (Å²) in [6, 6.07) is 7.00. The zero-order chi connectivity index (χ0) is 21.1.